The maximum absolute atomic E-state index is 4.47. The summed E-state index contributed by atoms with van der Waals surface area (Å²) in [4.78, 5) is 0. The molecule has 2 rings (SSSR count). The molecule has 0 atom stereocenters. The maximum Gasteiger partial charge on any atom is 0.0700 e. The van der Waals surface area contributed by atoms with Crippen molar-refractivity contribution in [3.8, 4) is 0 Å². The first-order valence-electron chi connectivity index (χ1n) is 5.63. The minimum absolute atomic E-state index is 0.634. The molecule has 3 nitrogen and oxygen atoms in total. The van der Waals surface area contributed by atoms with Gasteiger partial charge in [0.2, 0.25) is 0 Å². The molecule has 0 saturated heterocycles. The number of fused-ring (bicyclic) bond motifs is 1. The van der Waals surface area contributed by atoms with Gasteiger partial charge in [-0.25, -0.2) is 0 Å². The SMILES string of the molecule is CCC(CC)c1n[nH]c2c1CNCC2. The molecule has 2 heterocycles. The number of aromatic nitrogens is 2. The Kier molecular flexibility index (Phi) is 2.87. The van der Waals surface area contributed by atoms with Crippen molar-refractivity contribution < 1.29 is 0 Å². The van der Waals surface area contributed by atoms with E-state index in [1.165, 1.54) is 29.8 Å². The third-order valence-electron chi connectivity index (χ3n) is 3.21. The van der Waals surface area contributed by atoms with Crippen LogP contribution in [0.1, 0.15) is 49.6 Å². The summed E-state index contributed by atoms with van der Waals surface area (Å²) < 4.78 is 0. The van der Waals surface area contributed by atoms with Crippen LogP contribution < -0.4 is 5.32 Å². The van der Waals surface area contributed by atoms with E-state index in [9.17, 15) is 0 Å². The number of nitrogens with zero attached hydrogens (tertiary/aromatic N) is 1. The number of H-pyrrole nitrogens is 1. The highest BCUT2D eigenvalue weighted by molar-refractivity contribution is 5.29. The van der Waals surface area contributed by atoms with Crippen molar-refractivity contribution in [2.45, 2.75) is 45.6 Å². The fraction of sp³-hybridized carbons (Fsp3) is 0.727. The van der Waals surface area contributed by atoms with Gasteiger partial charge in [0.05, 0.1) is 5.69 Å². The second-order valence-corrected chi connectivity index (χ2v) is 4.01. The van der Waals surface area contributed by atoms with Crippen LogP contribution in [0.5, 0.6) is 0 Å². The first-order chi connectivity index (χ1) is 6.86. The molecule has 3 heteroatoms. The van der Waals surface area contributed by atoms with Crippen molar-refractivity contribution in [2.75, 3.05) is 6.54 Å². The van der Waals surface area contributed by atoms with Gasteiger partial charge in [0.25, 0.3) is 0 Å². The van der Waals surface area contributed by atoms with E-state index in [2.05, 4.69) is 29.4 Å². The van der Waals surface area contributed by atoms with Crippen LogP contribution in [0.15, 0.2) is 0 Å². The van der Waals surface area contributed by atoms with E-state index in [0.717, 1.165) is 19.5 Å². The van der Waals surface area contributed by atoms with E-state index in [-0.39, 0.29) is 0 Å². The standard InChI is InChI=1S/C11H19N3/c1-3-8(4-2)11-9-7-12-6-5-10(9)13-14-11/h8,12H,3-7H2,1-2H3,(H,13,14). The lowest BCUT2D eigenvalue weighted by Crippen LogP contribution is -2.24. The smallest absolute Gasteiger partial charge is 0.0700 e. The zero-order chi connectivity index (χ0) is 9.97. The molecule has 1 aromatic heterocycles. The molecule has 14 heavy (non-hydrogen) atoms. The first-order valence-corrected chi connectivity index (χ1v) is 5.63. The average molecular weight is 193 g/mol. The van der Waals surface area contributed by atoms with Gasteiger partial charge < -0.3 is 5.32 Å². The van der Waals surface area contributed by atoms with Crippen LogP contribution in [0.3, 0.4) is 0 Å². The summed E-state index contributed by atoms with van der Waals surface area (Å²) in [6.45, 7) is 6.56. The van der Waals surface area contributed by atoms with Gasteiger partial charge in [0, 0.05) is 36.7 Å². The molecular formula is C11H19N3. The molecule has 1 aliphatic rings. The van der Waals surface area contributed by atoms with E-state index >= 15 is 0 Å². The summed E-state index contributed by atoms with van der Waals surface area (Å²) in [5, 5.41) is 11.1. The van der Waals surface area contributed by atoms with E-state index < -0.39 is 0 Å². The van der Waals surface area contributed by atoms with Crippen LogP contribution in [-0.2, 0) is 13.0 Å². The van der Waals surface area contributed by atoms with Crippen LogP contribution in [0.25, 0.3) is 0 Å². The van der Waals surface area contributed by atoms with Gasteiger partial charge in [0.15, 0.2) is 0 Å². The Morgan fingerprint density at radius 2 is 2.14 bits per heavy atom. The van der Waals surface area contributed by atoms with Crippen molar-refractivity contribution >= 4 is 0 Å². The van der Waals surface area contributed by atoms with Crippen LogP contribution in [-0.4, -0.2) is 16.7 Å². The fourth-order valence-corrected chi connectivity index (χ4v) is 2.26. The molecule has 2 N–H and O–H groups in total. The third-order valence-corrected chi connectivity index (χ3v) is 3.21. The normalized spacial score (nSPS) is 15.9. The lowest BCUT2D eigenvalue weighted by Gasteiger charge is -2.16. The predicted molar refractivity (Wildman–Crippen MR) is 57.3 cm³/mol. The molecule has 78 valence electrons. The van der Waals surface area contributed by atoms with E-state index in [1.807, 2.05) is 0 Å². The van der Waals surface area contributed by atoms with Crippen molar-refractivity contribution in [1.29, 1.82) is 0 Å². The monoisotopic (exact) mass is 193 g/mol. The Bertz CT molecular complexity index is 299. The van der Waals surface area contributed by atoms with E-state index in [1.54, 1.807) is 0 Å². The van der Waals surface area contributed by atoms with Crippen LogP contribution in [0.4, 0.5) is 0 Å². The van der Waals surface area contributed by atoms with Gasteiger partial charge in [-0.15, -0.1) is 0 Å². The Hall–Kier alpha value is -0.830. The molecule has 1 aromatic rings. The molecule has 0 radical (unpaired) electrons. The summed E-state index contributed by atoms with van der Waals surface area (Å²) in [6.07, 6.45) is 3.48. The fourth-order valence-electron chi connectivity index (χ4n) is 2.26. The molecule has 1 aliphatic heterocycles. The van der Waals surface area contributed by atoms with Crippen LogP contribution >= 0.6 is 0 Å². The summed E-state index contributed by atoms with van der Waals surface area (Å²) >= 11 is 0. The molecular weight excluding hydrogens is 174 g/mol. The Morgan fingerprint density at radius 3 is 2.86 bits per heavy atom. The largest absolute Gasteiger partial charge is 0.312 e. The molecule has 0 aromatic carbocycles. The molecule has 0 amide bonds. The van der Waals surface area contributed by atoms with Crippen molar-refractivity contribution in [3.63, 3.8) is 0 Å². The topological polar surface area (TPSA) is 40.7 Å². The highest BCUT2D eigenvalue weighted by Gasteiger charge is 2.20. The number of rotatable bonds is 3. The van der Waals surface area contributed by atoms with Gasteiger partial charge >= 0.3 is 0 Å². The Morgan fingerprint density at radius 1 is 1.36 bits per heavy atom. The average Bonchev–Trinajstić information content (AvgIpc) is 2.65. The lowest BCUT2D eigenvalue weighted by molar-refractivity contribution is 0.595. The summed E-state index contributed by atoms with van der Waals surface area (Å²) in [5.74, 6) is 0.634. The Balaban J connectivity index is 2.29. The maximum atomic E-state index is 4.47. The van der Waals surface area contributed by atoms with Crippen molar-refractivity contribution in [3.05, 3.63) is 17.0 Å². The molecule has 0 bridgehead atoms. The zero-order valence-electron chi connectivity index (χ0n) is 9.06. The Labute approximate surface area is 85.3 Å². The molecule has 0 spiro atoms. The molecule has 0 fully saturated rings. The van der Waals surface area contributed by atoms with Gasteiger partial charge in [-0.1, -0.05) is 13.8 Å². The quantitative estimate of drug-likeness (QED) is 0.770. The van der Waals surface area contributed by atoms with Crippen molar-refractivity contribution in [2.24, 2.45) is 0 Å². The van der Waals surface area contributed by atoms with Gasteiger partial charge in [0.1, 0.15) is 0 Å². The van der Waals surface area contributed by atoms with Crippen LogP contribution in [0, 0.1) is 0 Å². The highest BCUT2D eigenvalue weighted by atomic mass is 15.1. The summed E-state index contributed by atoms with van der Waals surface area (Å²) in [7, 11) is 0. The molecule has 0 aliphatic carbocycles. The number of nitrogens with one attached hydrogen (secondary N) is 2. The minimum atomic E-state index is 0.634. The second kappa shape index (κ2) is 4.13. The zero-order valence-corrected chi connectivity index (χ0v) is 9.06. The number of hydrogen-bond acceptors (Lipinski definition) is 2. The van der Waals surface area contributed by atoms with E-state index in [4.69, 9.17) is 0 Å². The van der Waals surface area contributed by atoms with Gasteiger partial charge in [-0.2, -0.15) is 5.10 Å². The third kappa shape index (κ3) is 1.57. The summed E-state index contributed by atoms with van der Waals surface area (Å²) in [6, 6.07) is 0. The number of aromatic amines is 1. The molecule has 0 saturated carbocycles. The van der Waals surface area contributed by atoms with E-state index in [0.29, 0.717) is 5.92 Å². The van der Waals surface area contributed by atoms with Gasteiger partial charge in [-0.05, 0) is 12.8 Å². The second-order valence-electron chi connectivity index (χ2n) is 4.01. The number of hydrogen-bond donors (Lipinski definition) is 2. The molecule has 0 unspecified atom stereocenters. The minimum Gasteiger partial charge on any atom is -0.312 e. The predicted octanol–water partition coefficient (Wildman–Crippen LogP) is 1.96. The first kappa shape index (κ1) is 9.71. The van der Waals surface area contributed by atoms with Crippen molar-refractivity contribution in [1.82, 2.24) is 15.5 Å². The highest BCUT2D eigenvalue weighted by Crippen LogP contribution is 2.27. The lowest BCUT2D eigenvalue weighted by atomic mass is 9.94. The summed E-state index contributed by atoms with van der Waals surface area (Å²) in [5.41, 5.74) is 4.09. The van der Waals surface area contributed by atoms with Gasteiger partial charge in [-0.3, -0.25) is 5.10 Å². The van der Waals surface area contributed by atoms with Crippen LogP contribution in [0.2, 0.25) is 0 Å².